The van der Waals surface area contributed by atoms with Crippen LogP contribution in [0.2, 0.25) is 0 Å². The molecule has 2 aromatic carbocycles. The van der Waals surface area contributed by atoms with Crippen LogP contribution >= 0.6 is 0 Å². The molecule has 1 saturated heterocycles. The minimum atomic E-state index is -0.320. The maximum atomic E-state index is 13.8. The maximum Gasteiger partial charge on any atom is 0.252 e. The monoisotopic (exact) mass is 288 g/mol. The fourth-order valence-electron chi connectivity index (χ4n) is 2.75. The normalized spacial score (nSPS) is 21.6. The molecule has 0 bridgehead atoms. The van der Waals surface area contributed by atoms with Crippen molar-refractivity contribution in [2.24, 2.45) is 0 Å². The molecule has 1 aliphatic heterocycles. The molecule has 0 aromatic heterocycles. The summed E-state index contributed by atoms with van der Waals surface area (Å²) in [6.07, 6.45) is -0.0411. The van der Waals surface area contributed by atoms with Gasteiger partial charge < -0.3 is 15.4 Å². The zero-order valence-electron chi connectivity index (χ0n) is 11.7. The van der Waals surface area contributed by atoms with Crippen molar-refractivity contribution >= 4 is 16.7 Å². The first-order valence-corrected chi connectivity index (χ1v) is 6.92. The first-order chi connectivity index (χ1) is 10.2. The molecule has 1 aliphatic rings. The summed E-state index contributed by atoms with van der Waals surface area (Å²) in [6.45, 7) is 1.38. The van der Waals surface area contributed by atoms with E-state index in [-0.39, 0.29) is 23.9 Å². The van der Waals surface area contributed by atoms with E-state index in [1.165, 1.54) is 12.1 Å². The smallest absolute Gasteiger partial charge is 0.252 e. The molecule has 21 heavy (non-hydrogen) atoms. The highest BCUT2D eigenvalue weighted by Gasteiger charge is 2.28. The summed E-state index contributed by atoms with van der Waals surface area (Å²) in [7, 11) is 1.63. The van der Waals surface area contributed by atoms with Crippen LogP contribution in [0.5, 0.6) is 0 Å². The second-order valence-corrected chi connectivity index (χ2v) is 5.15. The van der Waals surface area contributed by atoms with E-state index in [0.29, 0.717) is 29.4 Å². The van der Waals surface area contributed by atoms with Crippen LogP contribution in [0.15, 0.2) is 36.4 Å². The molecule has 2 N–H and O–H groups in total. The Morgan fingerprint density at radius 3 is 2.76 bits per heavy atom. The van der Waals surface area contributed by atoms with Crippen molar-refractivity contribution in [3.8, 4) is 0 Å². The highest BCUT2D eigenvalue weighted by molar-refractivity contribution is 6.07. The molecule has 1 fully saturated rings. The number of benzene rings is 2. The molecule has 1 heterocycles. The first kappa shape index (κ1) is 14.0. The van der Waals surface area contributed by atoms with Gasteiger partial charge in [0.1, 0.15) is 5.82 Å². The fraction of sp³-hybridized carbons (Fsp3) is 0.312. The standard InChI is InChI=1S/C16H17FN2O2/c1-21-15-9-18-8-14(15)19-16(20)12-6-7-13(17)11-5-3-2-4-10(11)12/h2-7,14-15,18H,8-9H2,1H3,(H,19,20)/t14?,15-/m0/s1. The number of fused-ring (bicyclic) bond motifs is 1. The van der Waals surface area contributed by atoms with Gasteiger partial charge in [0, 0.05) is 31.1 Å². The minimum Gasteiger partial charge on any atom is -0.378 e. The summed E-state index contributed by atoms with van der Waals surface area (Å²) < 4.78 is 19.1. The molecular weight excluding hydrogens is 271 g/mol. The van der Waals surface area contributed by atoms with Crippen molar-refractivity contribution in [1.29, 1.82) is 0 Å². The van der Waals surface area contributed by atoms with Gasteiger partial charge in [0.15, 0.2) is 0 Å². The molecule has 2 atom stereocenters. The van der Waals surface area contributed by atoms with Crippen molar-refractivity contribution in [2.75, 3.05) is 20.2 Å². The van der Waals surface area contributed by atoms with E-state index in [0.717, 1.165) is 0 Å². The summed E-state index contributed by atoms with van der Waals surface area (Å²) >= 11 is 0. The maximum absolute atomic E-state index is 13.8. The molecule has 0 radical (unpaired) electrons. The first-order valence-electron chi connectivity index (χ1n) is 6.92. The zero-order chi connectivity index (χ0) is 14.8. The topological polar surface area (TPSA) is 50.4 Å². The molecule has 4 nitrogen and oxygen atoms in total. The number of carbonyl (C=O) groups excluding carboxylic acids is 1. The SMILES string of the molecule is CO[C@H]1CNCC1NC(=O)c1ccc(F)c2ccccc12. The van der Waals surface area contributed by atoms with Crippen molar-refractivity contribution in [2.45, 2.75) is 12.1 Å². The van der Waals surface area contributed by atoms with E-state index in [9.17, 15) is 9.18 Å². The lowest BCUT2D eigenvalue weighted by atomic mass is 10.0. The van der Waals surface area contributed by atoms with Gasteiger partial charge in [0.2, 0.25) is 0 Å². The molecule has 1 amide bonds. The number of hydrogen-bond acceptors (Lipinski definition) is 3. The third-order valence-corrected chi connectivity index (χ3v) is 3.89. The average Bonchev–Trinajstić information content (AvgIpc) is 2.95. The lowest BCUT2D eigenvalue weighted by Crippen LogP contribution is -2.43. The van der Waals surface area contributed by atoms with E-state index in [2.05, 4.69) is 10.6 Å². The van der Waals surface area contributed by atoms with Crippen LogP contribution in [0.4, 0.5) is 4.39 Å². The molecule has 5 heteroatoms. The Bertz CT molecular complexity index is 674. The number of hydrogen-bond donors (Lipinski definition) is 2. The Morgan fingerprint density at radius 2 is 2.00 bits per heavy atom. The predicted molar refractivity (Wildman–Crippen MR) is 78.8 cm³/mol. The van der Waals surface area contributed by atoms with E-state index in [4.69, 9.17) is 4.74 Å². The molecule has 2 aromatic rings. The van der Waals surface area contributed by atoms with E-state index in [1.807, 2.05) is 0 Å². The molecular formula is C16H17FN2O2. The number of nitrogens with one attached hydrogen (secondary N) is 2. The van der Waals surface area contributed by atoms with Crippen LogP contribution in [0.1, 0.15) is 10.4 Å². The summed E-state index contributed by atoms with van der Waals surface area (Å²) in [5, 5.41) is 7.21. The predicted octanol–water partition coefficient (Wildman–Crippen LogP) is 1.70. The second-order valence-electron chi connectivity index (χ2n) is 5.15. The van der Waals surface area contributed by atoms with E-state index in [1.54, 1.807) is 31.4 Å². The Balaban J connectivity index is 1.90. The second kappa shape index (κ2) is 5.79. The van der Waals surface area contributed by atoms with Crippen LogP contribution in [0.25, 0.3) is 10.8 Å². The Hall–Kier alpha value is -1.98. The van der Waals surface area contributed by atoms with Crippen LogP contribution in [-0.2, 0) is 4.74 Å². The third kappa shape index (κ3) is 2.62. The van der Waals surface area contributed by atoms with Gasteiger partial charge in [-0.3, -0.25) is 4.79 Å². The van der Waals surface area contributed by atoms with Crippen molar-refractivity contribution < 1.29 is 13.9 Å². The summed E-state index contributed by atoms with van der Waals surface area (Å²) in [5.41, 5.74) is 0.480. The Morgan fingerprint density at radius 1 is 1.24 bits per heavy atom. The molecule has 110 valence electrons. The van der Waals surface area contributed by atoms with Crippen molar-refractivity contribution in [1.82, 2.24) is 10.6 Å². The largest absolute Gasteiger partial charge is 0.378 e. The van der Waals surface area contributed by atoms with Crippen LogP contribution in [0, 0.1) is 5.82 Å². The van der Waals surface area contributed by atoms with Gasteiger partial charge in [-0.2, -0.15) is 0 Å². The molecule has 0 spiro atoms. The Labute approximate surface area is 122 Å². The molecule has 0 saturated carbocycles. The number of ether oxygens (including phenoxy) is 1. The molecule has 1 unspecified atom stereocenters. The quantitative estimate of drug-likeness (QED) is 0.904. The van der Waals surface area contributed by atoms with Gasteiger partial charge in [0.25, 0.3) is 5.91 Å². The van der Waals surface area contributed by atoms with Gasteiger partial charge in [-0.1, -0.05) is 24.3 Å². The van der Waals surface area contributed by atoms with Gasteiger partial charge in [-0.05, 0) is 17.5 Å². The van der Waals surface area contributed by atoms with Crippen molar-refractivity contribution in [3.05, 3.63) is 47.8 Å². The average molecular weight is 288 g/mol. The zero-order valence-corrected chi connectivity index (χ0v) is 11.7. The fourth-order valence-corrected chi connectivity index (χ4v) is 2.75. The lowest BCUT2D eigenvalue weighted by Gasteiger charge is -2.19. The van der Waals surface area contributed by atoms with E-state index >= 15 is 0 Å². The lowest BCUT2D eigenvalue weighted by molar-refractivity contribution is 0.0781. The van der Waals surface area contributed by atoms with Gasteiger partial charge in [-0.25, -0.2) is 4.39 Å². The van der Waals surface area contributed by atoms with Crippen molar-refractivity contribution in [3.63, 3.8) is 0 Å². The summed E-state index contributed by atoms with van der Waals surface area (Å²) in [6, 6.07) is 9.77. The number of amides is 1. The van der Waals surface area contributed by atoms with Crippen LogP contribution < -0.4 is 10.6 Å². The van der Waals surface area contributed by atoms with Crippen LogP contribution in [0.3, 0.4) is 0 Å². The number of rotatable bonds is 3. The Kier molecular flexibility index (Phi) is 3.86. The minimum absolute atomic E-state index is 0.0411. The molecule has 3 rings (SSSR count). The number of halogens is 1. The number of methoxy groups -OCH3 is 1. The highest BCUT2D eigenvalue weighted by atomic mass is 19.1. The third-order valence-electron chi connectivity index (χ3n) is 3.89. The van der Waals surface area contributed by atoms with E-state index < -0.39 is 0 Å². The highest BCUT2D eigenvalue weighted by Crippen LogP contribution is 2.22. The molecule has 0 aliphatic carbocycles. The van der Waals surface area contributed by atoms with Gasteiger partial charge >= 0.3 is 0 Å². The van der Waals surface area contributed by atoms with Crippen LogP contribution in [-0.4, -0.2) is 38.3 Å². The summed E-state index contributed by atoms with van der Waals surface area (Å²) in [5.74, 6) is -0.526. The van der Waals surface area contributed by atoms with Gasteiger partial charge in [0.05, 0.1) is 12.1 Å². The number of carbonyl (C=O) groups is 1. The summed E-state index contributed by atoms with van der Waals surface area (Å²) in [4.78, 5) is 12.5. The van der Waals surface area contributed by atoms with Gasteiger partial charge in [-0.15, -0.1) is 0 Å².